The lowest BCUT2D eigenvalue weighted by molar-refractivity contribution is 0.444. The highest BCUT2D eigenvalue weighted by Gasteiger charge is 2.25. The summed E-state index contributed by atoms with van der Waals surface area (Å²) < 4.78 is 2.27. The molecule has 0 saturated carbocycles. The zero-order chi connectivity index (χ0) is 15.2. The van der Waals surface area contributed by atoms with Crippen LogP contribution in [0.15, 0.2) is 23.8 Å². The molecule has 0 atom stereocenters. The van der Waals surface area contributed by atoms with Crippen molar-refractivity contribution in [3.05, 3.63) is 40.0 Å². The second-order valence-electron chi connectivity index (χ2n) is 6.12. The predicted octanol–water partition coefficient (Wildman–Crippen LogP) is 3.67. The average Bonchev–Trinajstić information content (AvgIpc) is 3.04. The van der Waals surface area contributed by atoms with Gasteiger partial charge in [-0.15, -0.1) is 11.3 Å². The summed E-state index contributed by atoms with van der Waals surface area (Å²) in [4.78, 5) is 9.97. The number of aromatic nitrogens is 3. The first kappa shape index (κ1) is 14.1. The molecule has 0 aromatic carbocycles. The van der Waals surface area contributed by atoms with Crippen molar-refractivity contribution < 1.29 is 0 Å². The average molecular weight is 300 g/mol. The minimum Gasteiger partial charge on any atom is -0.383 e. The number of thiophene rings is 1. The highest BCUT2D eigenvalue weighted by molar-refractivity contribution is 7.10. The van der Waals surface area contributed by atoms with Crippen LogP contribution in [0.5, 0.6) is 0 Å². The summed E-state index contributed by atoms with van der Waals surface area (Å²) >= 11 is 1.80. The first-order chi connectivity index (χ1) is 9.92. The molecule has 0 bridgehead atoms. The number of aryl methyl sites for hydroxylation is 1. The molecule has 0 spiro atoms. The van der Waals surface area contributed by atoms with Crippen molar-refractivity contribution in [3.63, 3.8) is 0 Å². The van der Waals surface area contributed by atoms with Crippen LogP contribution < -0.4 is 5.73 Å². The zero-order valence-corrected chi connectivity index (χ0v) is 13.7. The van der Waals surface area contributed by atoms with E-state index in [2.05, 4.69) is 59.7 Å². The summed E-state index contributed by atoms with van der Waals surface area (Å²) in [6, 6.07) is 4.30. The normalized spacial score (nSPS) is 12.2. The number of fused-ring (bicyclic) bond motifs is 1. The monoisotopic (exact) mass is 300 g/mol. The van der Waals surface area contributed by atoms with Crippen LogP contribution in [0.1, 0.15) is 30.0 Å². The lowest BCUT2D eigenvalue weighted by atomic mass is 9.91. The number of rotatable bonds is 3. The van der Waals surface area contributed by atoms with Crippen LogP contribution in [-0.2, 0) is 12.0 Å². The largest absolute Gasteiger partial charge is 0.383 e. The Morgan fingerprint density at radius 3 is 2.71 bits per heavy atom. The molecule has 0 aliphatic heterocycles. The second-order valence-corrected chi connectivity index (χ2v) is 7.06. The van der Waals surface area contributed by atoms with Gasteiger partial charge < -0.3 is 10.3 Å². The van der Waals surface area contributed by atoms with Crippen LogP contribution in [0.25, 0.3) is 11.0 Å². The van der Waals surface area contributed by atoms with Crippen molar-refractivity contribution in [1.82, 2.24) is 14.5 Å². The van der Waals surface area contributed by atoms with E-state index in [1.54, 1.807) is 17.7 Å². The Balaban J connectivity index is 2.14. The summed E-state index contributed by atoms with van der Waals surface area (Å²) in [5.74, 6) is 0.563. The number of hydrogen-bond donors (Lipinski definition) is 1. The summed E-state index contributed by atoms with van der Waals surface area (Å²) in [6.45, 7) is 9.63. The van der Waals surface area contributed by atoms with Crippen molar-refractivity contribution in [2.24, 2.45) is 0 Å². The van der Waals surface area contributed by atoms with Gasteiger partial charge in [0.15, 0.2) is 0 Å². The first-order valence-electron chi connectivity index (χ1n) is 7.01. The molecule has 5 heteroatoms. The van der Waals surface area contributed by atoms with E-state index in [0.29, 0.717) is 5.82 Å². The maximum atomic E-state index is 6.04. The molecule has 0 aliphatic rings. The molecule has 0 fully saturated rings. The van der Waals surface area contributed by atoms with Gasteiger partial charge in [0.1, 0.15) is 17.8 Å². The van der Waals surface area contributed by atoms with E-state index in [1.165, 1.54) is 16.1 Å². The third-order valence-electron chi connectivity index (χ3n) is 4.18. The number of nitrogens with two attached hydrogens (primary N) is 1. The van der Waals surface area contributed by atoms with E-state index in [1.807, 2.05) is 0 Å². The van der Waals surface area contributed by atoms with E-state index in [-0.39, 0.29) is 5.41 Å². The molecule has 3 aromatic rings. The Kier molecular flexibility index (Phi) is 3.24. The maximum absolute atomic E-state index is 6.04. The Bertz CT molecular complexity index is 784. The van der Waals surface area contributed by atoms with Crippen LogP contribution in [0.3, 0.4) is 0 Å². The van der Waals surface area contributed by atoms with E-state index in [9.17, 15) is 0 Å². The fraction of sp³-hybridized carbons (Fsp3) is 0.375. The van der Waals surface area contributed by atoms with E-state index in [4.69, 9.17) is 5.73 Å². The van der Waals surface area contributed by atoms with Gasteiger partial charge in [-0.05, 0) is 30.9 Å². The fourth-order valence-corrected chi connectivity index (χ4v) is 3.67. The lowest BCUT2D eigenvalue weighted by Crippen LogP contribution is -2.24. The Morgan fingerprint density at radius 2 is 2.05 bits per heavy atom. The molecule has 3 aromatic heterocycles. The van der Waals surface area contributed by atoms with Gasteiger partial charge in [-0.3, -0.25) is 0 Å². The van der Waals surface area contributed by atoms with Gasteiger partial charge in [0.2, 0.25) is 0 Å². The van der Waals surface area contributed by atoms with E-state index >= 15 is 0 Å². The summed E-state index contributed by atoms with van der Waals surface area (Å²) in [7, 11) is 0. The number of hydrogen-bond acceptors (Lipinski definition) is 4. The molecule has 4 nitrogen and oxygen atoms in total. The number of nitrogens with zero attached hydrogens (tertiary/aromatic N) is 3. The first-order valence-corrected chi connectivity index (χ1v) is 7.89. The SMILES string of the molecule is Cc1c(C)n(CC(C)(C)c2cccs2)c2ncnc(N)c12. The van der Waals surface area contributed by atoms with Gasteiger partial charge in [0, 0.05) is 22.5 Å². The van der Waals surface area contributed by atoms with Crippen molar-refractivity contribution in [2.75, 3.05) is 5.73 Å². The molecule has 0 unspecified atom stereocenters. The molecule has 3 rings (SSSR count). The Labute approximate surface area is 128 Å². The topological polar surface area (TPSA) is 56.7 Å². The van der Waals surface area contributed by atoms with E-state index in [0.717, 1.165) is 17.6 Å². The van der Waals surface area contributed by atoms with E-state index < -0.39 is 0 Å². The van der Waals surface area contributed by atoms with Crippen LogP contribution >= 0.6 is 11.3 Å². The summed E-state index contributed by atoms with van der Waals surface area (Å²) in [6.07, 6.45) is 1.55. The van der Waals surface area contributed by atoms with Crippen LogP contribution in [0, 0.1) is 13.8 Å². The molecule has 2 N–H and O–H groups in total. The van der Waals surface area contributed by atoms with Crippen LogP contribution in [0.2, 0.25) is 0 Å². The van der Waals surface area contributed by atoms with Gasteiger partial charge in [0.05, 0.1) is 5.39 Å². The van der Waals surface area contributed by atoms with Crippen molar-refractivity contribution in [2.45, 2.75) is 39.7 Å². The van der Waals surface area contributed by atoms with Gasteiger partial charge in [-0.2, -0.15) is 0 Å². The predicted molar refractivity (Wildman–Crippen MR) is 88.8 cm³/mol. The third kappa shape index (κ3) is 2.21. The third-order valence-corrected chi connectivity index (χ3v) is 5.41. The highest BCUT2D eigenvalue weighted by atomic mass is 32.1. The molecule has 110 valence electrons. The standard InChI is InChI=1S/C16H20N4S/c1-10-11(2)20(15-13(10)14(17)18-9-19-15)8-16(3,4)12-6-5-7-21-12/h5-7,9H,8H2,1-4H3,(H2,17,18,19). The smallest absolute Gasteiger partial charge is 0.145 e. The van der Waals surface area contributed by atoms with Crippen LogP contribution in [0.4, 0.5) is 5.82 Å². The number of nitrogen functional groups attached to an aromatic ring is 1. The minimum atomic E-state index is 0.0526. The number of anilines is 1. The van der Waals surface area contributed by atoms with Gasteiger partial charge >= 0.3 is 0 Å². The Hall–Kier alpha value is -1.88. The van der Waals surface area contributed by atoms with Gasteiger partial charge in [0.25, 0.3) is 0 Å². The van der Waals surface area contributed by atoms with Gasteiger partial charge in [-0.1, -0.05) is 19.9 Å². The molecular formula is C16H20N4S. The maximum Gasteiger partial charge on any atom is 0.145 e. The fourth-order valence-electron chi connectivity index (χ4n) is 2.83. The zero-order valence-electron chi connectivity index (χ0n) is 12.8. The molecule has 21 heavy (non-hydrogen) atoms. The molecule has 0 amide bonds. The summed E-state index contributed by atoms with van der Waals surface area (Å²) in [5.41, 5.74) is 9.40. The van der Waals surface area contributed by atoms with Crippen molar-refractivity contribution in [1.29, 1.82) is 0 Å². The molecule has 0 saturated heterocycles. The second kappa shape index (κ2) is 4.84. The van der Waals surface area contributed by atoms with Crippen molar-refractivity contribution in [3.8, 4) is 0 Å². The minimum absolute atomic E-state index is 0.0526. The Morgan fingerprint density at radius 1 is 1.29 bits per heavy atom. The molecule has 3 heterocycles. The van der Waals surface area contributed by atoms with Gasteiger partial charge in [-0.25, -0.2) is 9.97 Å². The van der Waals surface area contributed by atoms with Crippen LogP contribution in [-0.4, -0.2) is 14.5 Å². The lowest BCUT2D eigenvalue weighted by Gasteiger charge is -2.25. The highest BCUT2D eigenvalue weighted by Crippen LogP contribution is 2.33. The van der Waals surface area contributed by atoms with Crippen molar-refractivity contribution >= 4 is 28.2 Å². The quantitative estimate of drug-likeness (QED) is 0.803. The molecular weight excluding hydrogens is 280 g/mol. The molecule has 0 radical (unpaired) electrons. The summed E-state index contributed by atoms with van der Waals surface area (Å²) in [5, 5.41) is 3.11. The molecule has 0 aliphatic carbocycles.